The van der Waals surface area contributed by atoms with Crippen molar-refractivity contribution in [1.82, 2.24) is 5.32 Å². The maximum absolute atomic E-state index is 12.5. The molecular formula is C14H20BrF3N2. The highest BCUT2D eigenvalue weighted by molar-refractivity contribution is 9.10. The van der Waals surface area contributed by atoms with E-state index in [9.17, 15) is 13.2 Å². The molecule has 0 saturated carbocycles. The quantitative estimate of drug-likeness (QED) is 0.810. The van der Waals surface area contributed by atoms with Crippen LogP contribution in [0.3, 0.4) is 0 Å². The zero-order valence-corrected chi connectivity index (χ0v) is 13.5. The van der Waals surface area contributed by atoms with Gasteiger partial charge in [0.15, 0.2) is 0 Å². The molecule has 1 unspecified atom stereocenters. The fourth-order valence-corrected chi connectivity index (χ4v) is 2.79. The van der Waals surface area contributed by atoms with Gasteiger partial charge in [0, 0.05) is 22.7 Å². The molecule has 0 bridgehead atoms. The summed E-state index contributed by atoms with van der Waals surface area (Å²) in [5.41, 5.74) is 1.61. The molecule has 20 heavy (non-hydrogen) atoms. The number of anilines is 1. The van der Waals surface area contributed by atoms with Gasteiger partial charge in [0.2, 0.25) is 0 Å². The molecule has 0 spiro atoms. The lowest BCUT2D eigenvalue weighted by molar-refractivity contribution is -0.119. The minimum absolute atomic E-state index is 0.154. The largest absolute Gasteiger partial charge is 0.405 e. The molecule has 0 aromatic heterocycles. The molecule has 1 N–H and O–H groups in total. The summed E-state index contributed by atoms with van der Waals surface area (Å²) in [4.78, 5) is 1.31. The molecule has 6 heteroatoms. The summed E-state index contributed by atoms with van der Waals surface area (Å²) in [6.45, 7) is 5.98. The van der Waals surface area contributed by atoms with E-state index in [1.165, 1.54) is 4.90 Å². The van der Waals surface area contributed by atoms with Crippen molar-refractivity contribution in [2.45, 2.75) is 33.0 Å². The zero-order chi connectivity index (χ0) is 15.3. The van der Waals surface area contributed by atoms with Crippen molar-refractivity contribution in [3.63, 3.8) is 0 Å². The second kappa shape index (κ2) is 7.31. The Labute approximate surface area is 126 Å². The fraction of sp³-hybridized carbons (Fsp3) is 0.571. The number of alkyl halides is 3. The van der Waals surface area contributed by atoms with Crippen LogP contribution in [-0.4, -0.2) is 25.8 Å². The van der Waals surface area contributed by atoms with E-state index in [1.54, 1.807) is 19.1 Å². The summed E-state index contributed by atoms with van der Waals surface area (Å²) < 4.78 is 38.4. The summed E-state index contributed by atoms with van der Waals surface area (Å²) in [6.07, 6.45) is -4.20. The van der Waals surface area contributed by atoms with E-state index in [-0.39, 0.29) is 6.04 Å². The topological polar surface area (TPSA) is 15.3 Å². The van der Waals surface area contributed by atoms with Crippen LogP contribution < -0.4 is 10.2 Å². The lowest BCUT2D eigenvalue weighted by Crippen LogP contribution is -2.34. The first-order valence-corrected chi connectivity index (χ1v) is 7.42. The third kappa shape index (κ3) is 4.98. The van der Waals surface area contributed by atoms with E-state index in [0.717, 1.165) is 16.6 Å². The Morgan fingerprint density at radius 1 is 1.30 bits per heavy atom. The normalized spacial score (nSPS) is 13.3. The lowest BCUT2D eigenvalue weighted by atomic mass is 10.1. The number of hydrogen-bond acceptors (Lipinski definition) is 2. The van der Waals surface area contributed by atoms with Gasteiger partial charge in [-0.25, -0.2) is 0 Å². The zero-order valence-electron chi connectivity index (χ0n) is 11.9. The molecule has 2 nitrogen and oxygen atoms in total. The minimum atomic E-state index is -4.20. The SMILES string of the molecule is CCNC(C)c1ccc(N(CC)CC(F)(F)F)cc1Br. The molecule has 0 aliphatic carbocycles. The van der Waals surface area contributed by atoms with Crippen molar-refractivity contribution in [3.05, 3.63) is 28.2 Å². The fourth-order valence-electron chi connectivity index (χ4n) is 2.08. The van der Waals surface area contributed by atoms with Gasteiger partial charge in [-0.1, -0.05) is 28.9 Å². The van der Waals surface area contributed by atoms with Gasteiger partial charge in [-0.05, 0) is 38.1 Å². The molecule has 0 amide bonds. The van der Waals surface area contributed by atoms with Crippen LogP contribution in [0, 0.1) is 0 Å². The number of hydrogen-bond donors (Lipinski definition) is 1. The van der Waals surface area contributed by atoms with Crippen molar-refractivity contribution in [2.75, 3.05) is 24.5 Å². The number of halogens is 4. The average molecular weight is 353 g/mol. The number of benzene rings is 1. The van der Waals surface area contributed by atoms with Gasteiger partial charge in [-0.15, -0.1) is 0 Å². The smallest absolute Gasteiger partial charge is 0.363 e. The van der Waals surface area contributed by atoms with E-state index >= 15 is 0 Å². The monoisotopic (exact) mass is 352 g/mol. The van der Waals surface area contributed by atoms with E-state index in [2.05, 4.69) is 21.2 Å². The van der Waals surface area contributed by atoms with Crippen LogP contribution in [0.15, 0.2) is 22.7 Å². The van der Waals surface area contributed by atoms with Gasteiger partial charge < -0.3 is 10.2 Å². The Hall–Kier alpha value is -0.750. The summed E-state index contributed by atoms with van der Waals surface area (Å²) in [7, 11) is 0. The van der Waals surface area contributed by atoms with Gasteiger partial charge in [-0.2, -0.15) is 13.2 Å². The molecule has 1 atom stereocenters. The van der Waals surface area contributed by atoms with E-state index in [0.29, 0.717) is 12.2 Å². The highest BCUT2D eigenvalue weighted by Crippen LogP contribution is 2.29. The summed E-state index contributed by atoms with van der Waals surface area (Å²) in [5, 5.41) is 3.28. The Kier molecular flexibility index (Phi) is 6.33. The van der Waals surface area contributed by atoms with E-state index < -0.39 is 12.7 Å². The Balaban J connectivity index is 2.95. The molecule has 1 aromatic carbocycles. The minimum Gasteiger partial charge on any atom is -0.363 e. The van der Waals surface area contributed by atoms with Gasteiger partial charge in [0.25, 0.3) is 0 Å². The summed E-state index contributed by atoms with van der Waals surface area (Å²) >= 11 is 3.45. The molecule has 0 fully saturated rings. The van der Waals surface area contributed by atoms with Crippen molar-refractivity contribution in [3.8, 4) is 0 Å². The predicted octanol–water partition coefficient (Wildman–Crippen LogP) is 4.51. The highest BCUT2D eigenvalue weighted by Gasteiger charge is 2.30. The van der Waals surface area contributed by atoms with E-state index in [4.69, 9.17) is 0 Å². The maximum atomic E-state index is 12.5. The van der Waals surface area contributed by atoms with Crippen molar-refractivity contribution >= 4 is 21.6 Å². The lowest BCUT2D eigenvalue weighted by Gasteiger charge is -2.25. The summed E-state index contributed by atoms with van der Waals surface area (Å²) in [5.74, 6) is 0. The summed E-state index contributed by atoms with van der Waals surface area (Å²) in [6, 6.07) is 5.51. The first-order chi connectivity index (χ1) is 9.28. The van der Waals surface area contributed by atoms with E-state index in [1.807, 2.05) is 19.9 Å². The molecule has 0 saturated heterocycles. The molecule has 1 aromatic rings. The molecule has 0 aliphatic heterocycles. The number of nitrogens with one attached hydrogen (secondary N) is 1. The first kappa shape index (κ1) is 17.3. The maximum Gasteiger partial charge on any atom is 0.405 e. The van der Waals surface area contributed by atoms with Crippen molar-refractivity contribution in [1.29, 1.82) is 0 Å². The molecule has 0 radical (unpaired) electrons. The first-order valence-electron chi connectivity index (χ1n) is 6.63. The van der Waals surface area contributed by atoms with Gasteiger partial charge >= 0.3 is 6.18 Å². The molecular weight excluding hydrogens is 333 g/mol. The van der Waals surface area contributed by atoms with Crippen LogP contribution in [-0.2, 0) is 0 Å². The predicted molar refractivity (Wildman–Crippen MR) is 80.2 cm³/mol. The Morgan fingerprint density at radius 3 is 2.40 bits per heavy atom. The van der Waals surface area contributed by atoms with Gasteiger partial charge in [0.1, 0.15) is 6.54 Å². The van der Waals surface area contributed by atoms with Gasteiger partial charge in [-0.3, -0.25) is 0 Å². The Bertz CT molecular complexity index is 435. The Morgan fingerprint density at radius 2 is 1.95 bits per heavy atom. The van der Waals surface area contributed by atoms with Crippen LogP contribution in [0.5, 0.6) is 0 Å². The van der Waals surface area contributed by atoms with Crippen LogP contribution in [0.4, 0.5) is 18.9 Å². The molecule has 0 heterocycles. The van der Waals surface area contributed by atoms with Crippen LogP contribution in [0.1, 0.15) is 32.4 Å². The number of rotatable bonds is 6. The standard InChI is InChI=1S/C14H20BrF3N2/c1-4-19-10(3)12-7-6-11(8-13(12)15)20(5-2)9-14(16,17)18/h6-8,10,19H,4-5,9H2,1-3H3. The van der Waals surface area contributed by atoms with Crippen LogP contribution >= 0.6 is 15.9 Å². The van der Waals surface area contributed by atoms with Crippen molar-refractivity contribution in [2.24, 2.45) is 0 Å². The van der Waals surface area contributed by atoms with Crippen LogP contribution in [0.2, 0.25) is 0 Å². The van der Waals surface area contributed by atoms with Crippen LogP contribution in [0.25, 0.3) is 0 Å². The van der Waals surface area contributed by atoms with Gasteiger partial charge in [0.05, 0.1) is 0 Å². The molecule has 1 rings (SSSR count). The highest BCUT2D eigenvalue weighted by atomic mass is 79.9. The molecule has 114 valence electrons. The second-order valence-electron chi connectivity index (χ2n) is 4.61. The molecule has 0 aliphatic rings. The second-order valence-corrected chi connectivity index (χ2v) is 5.47. The third-order valence-electron chi connectivity index (χ3n) is 3.08. The van der Waals surface area contributed by atoms with Crippen molar-refractivity contribution < 1.29 is 13.2 Å². The third-order valence-corrected chi connectivity index (χ3v) is 3.76. The number of nitrogens with zero attached hydrogens (tertiary/aromatic N) is 1. The average Bonchev–Trinajstić information content (AvgIpc) is 2.35.